The first-order valence-electron chi connectivity index (χ1n) is 6.95. The van der Waals surface area contributed by atoms with E-state index in [9.17, 15) is 9.18 Å². The molecule has 1 aliphatic rings. The Balaban J connectivity index is 1.70. The topological polar surface area (TPSA) is 63.6 Å². The van der Waals surface area contributed by atoms with E-state index in [-0.39, 0.29) is 17.0 Å². The third-order valence-corrected chi connectivity index (χ3v) is 3.69. The summed E-state index contributed by atoms with van der Waals surface area (Å²) in [5, 5.41) is 6.68. The van der Waals surface area contributed by atoms with Crippen molar-refractivity contribution in [1.29, 1.82) is 0 Å². The SMILES string of the molecule is Cc1ccnc(NC(=O)[C@H]2CC(c3c(F)cccc3Cl)=NO2)c1. The number of nitrogens with zero attached hydrogens (tertiary/aromatic N) is 2. The molecule has 0 spiro atoms. The van der Waals surface area contributed by atoms with Crippen molar-refractivity contribution >= 4 is 29.0 Å². The van der Waals surface area contributed by atoms with E-state index in [4.69, 9.17) is 16.4 Å². The number of carbonyl (C=O) groups is 1. The molecule has 2 heterocycles. The second kappa shape index (κ2) is 6.34. The zero-order valence-electron chi connectivity index (χ0n) is 12.2. The highest BCUT2D eigenvalue weighted by Crippen LogP contribution is 2.25. The van der Waals surface area contributed by atoms with Gasteiger partial charge in [0, 0.05) is 12.6 Å². The predicted molar refractivity (Wildman–Crippen MR) is 85.0 cm³/mol. The van der Waals surface area contributed by atoms with Gasteiger partial charge in [-0.15, -0.1) is 0 Å². The Labute approximate surface area is 137 Å². The minimum absolute atomic E-state index is 0.137. The van der Waals surface area contributed by atoms with E-state index >= 15 is 0 Å². The van der Waals surface area contributed by atoms with E-state index in [0.29, 0.717) is 11.5 Å². The smallest absolute Gasteiger partial charge is 0.269 e. The first-order valence-corrected chi connectivity index (χ1v) is 7.33. The molecule has 0 unspecified atom stereocenters. The highest BCUT2D eigenvalue weighted by atomic mass is 35.5. The van der Waals surface area contributed by atoms with Crippen molar-refractivity contribution in [3.8, 4) is 0 Å². The Hall–Kier alpha value is -2.47. The lowest BCUT2D eigenvalue weighted by Gasteiger charge is -2.09. The summed E-state index contributed by atoms with van der Waals surface area (Å²) in [6.07, 6.45) is 0.891. The fraction of sp³-hybridized carbons (Fsp3) is 0.188. The Morgan fingerprint density at radius 1 is 1.43 bits per heavy atom. The van der Waals surface area contributed by atoms with Crippen LogP contribution in [0.1, 0.15) is 17.5 Å². The quantitative estimate of drug-likeness (QED) is 0.937. The maximum absolute atomic E-state index is 13.9. The lowest BCUT2D eigenvalue weighted by atomic mass is 10.0. The molecule has 1 N–H and O–H groups in total. The number of hydrogen-bond acceptors (Lipinski definition) is 4. The number of pyridine rings is 1. The molecule has 1 aromatic heterocycles. The molecule has 3 rings (SSSR count). The van der Waals surface area contributed by atoms with Crippen LogP contribution in [0.2, 0.25) is 5.02 Å². The van der Waals surface area contributed by atoms with Crippen LogP contribution in [0.25, 0.3) is 0 Å². The fourth-order valence-electron chi connectivity index (χ4n) is 2.25. The minimum atomic E-state index is -0.844. The molecule has 1 amide bonds. The molecule has 23 heavy (non-hydrogen) atoms. The Morgan fingerprint density at radius 3 is 3.00 bits per heavy atom. The number of rotatable bonds is 3. The van der Waals surface area contributed by atoms with Gasteiger partial charge in [0.25, 0.3) is 5.91 Å². The molecular weight excluding hydrogens is 321 g/mol. The van der Waals surface area contributed by atoms with Crippen LogP contribution >= 0.6 is 11.6 Å². The molecule has 0 radical (unpaired) electrons. The van der Waals surface area contributed by atoms with Gasteiger partial charge in [-0.25, -0.2) is 9.37 Å². The predicted octanol–water partition coefficient (Wildman–Crippen LogP) is 3.31. The zero-order chi connectivity index (χ0) is 16.4. The van der Waals surface area contributed by atoms with Gasteiger partial charge in [-0.1, -0.05) is 22.8 Å². The maximum Gasteiger partial charge on any atom is 0.269 e. The average Bonchev–Trinajstić information content (AvgIpc) is 2.97. The van der Waals surface area contributed by atoms with E-state index in [1.165, 1.54) is 12.1 Å². The van der Waals surface area contributed by atoms with Crippen molar-refractivity contribution in [2.75, 3.05) is 5.32 Å². The van der Waals surface area contributed by atoms with Crippen molar-refractivity contribution in [2.45, 2.75) is 19.4 Å². The molecule has 2 aromatic rings. The minimum Gasteiger partial charge on any atom is -0.382 e. The lowest BCUT2D eigenvalue weighted by Crippen LogP contribution is -2.28. The number of nitrogens with one attached hydrogen (secondary N) is 1. The molecule has 5 nitrogen and oxygen atoms in total. The third-order valence-electron chi connectivity index (χ3n) is 3.38. The summed E-state index contributed by atoms with van der Waals surface area (Å²) in [6.45, 7) is 1.89. The van der Waals surface area contributed by atoms with Gasteiger partial charge in [-0.2, -0.15) is 0 Å². The monoisotopic (exact) mass is 333 g/mol. The second-order valence-corrected chi connectivity index (χ2v) is 5.55. The summed E-state index contributed by atoms with van der Waals surface area (Å²) in [5.41, 5.74) is 1.45. The highest BCUT2D eigenvalue weighted by Gasteiger charge is 2.31. The molecule has 0 bridgehead atoms. The van der Waals surface area contributed by atoms with Gasteiger partial charge in [0.2, 0.25) is 6.10 Å². The van der Waals surface area contributed by atoms with Crippen molar-refractivity contribution in [1.82, 2.24) is 4.98 Å². The van der Waals surface area contributed by atoms with Crippen molar-refractivity contribution in [3.63, 3.8) is 0 Å². The lowest BCUT2D eigenvalue weighted by molar-refractivity contribution is -0.125. The van der Waals surface area contributed by atoms with Gasteiger partial charge in [-0.3, -0.25) is 4.79 Å². The third kappa shape index (κ3) is 3.32. The molecular formula is C16H13ClFN3O2. The molecule has 0 saturated heterocycles. The standard InChI is InChI=1S/C16H13ClFN3O2/c1-9-5-6-19-14(7-9)20-16(22)13-8-12(21-23-13)15-10(17)3-2-4-11(15)18/h2-7,13H,8H2,1H3,(H,19,20,22)/t13-/m1/s1. The maximum atomic E-state index is 13.9. The van der Waals surface area contributed by atoms with E-state index in [1.54, 1.807) is 18.3 Å². The van der Waals surface area contributed by atoms with Crippen LogP contribution < -0.4 is 5.32 Å². The molecule has 1 atom stereocenters. The summed E-state index contributed by atoms with van der Waals surface area (Å²) in [6, 6.07) is 7.91. The molecule has 0 aliphatic carbocycles. The van der Waals surface area contributed by atoms with Crippen LogP contribution in [0.4, 0.5) is 10.2 Å². The van der Waals surface area contributed by atoms with E-state index in [1.807, 2.05) is 13.0 Å². The number of amides is 1. The molecule has 118 valence electrons. The van der Waals surface area contributed by atoms with Crippen molar-refractivity contribution in [3.05, 3.63) is 58.5 Å². The van der Waals surface area contributed by atoms with E-state index in [0.717, 1.165) is 5.56 Å². The van der Waals surface area contributed by atoms with Crippen LogP contribution in [-0.4, -0.2) is 22.7 Å². The number of aryl methyl sites for hydroxylation is 1. The molecule has 1 aromatic carbocycles. The van der Waals surface area contributed by atoms with Crippen molar-refractivity contribution in [2.24, 2.45) is 5.16 Å². The highest BCUT2D eigenvalue weighted by molar-refractivity contribution is 6.34. The van der Waals surface area contributed by atoms with Gasteiger partial charge in [-0.05, 0) is 36.8 Å². The summed E-state index contributed by atoms with van der Waals surface area (Å²) >= 11 is 6.00. The number of aromatic nitrogens is 1. The average molecular weight is 334 g/mol. The summed E-state index contributed by atoms with van der Waals surface area (Å²) < 4.78 is 13.9. The van der Waals surface area contributed by atoms with Crippen LogP contribution in [0.5, 0.6) is 0 Å². The van der Waals surface area contributed by atoms with Gasteiger partial charge in [0.15, 0.2) is 0 Å². The molecule has 7 heteroatoms. The van der Waals surface area contributed by atoms with Crippen LogP contribution in [0.15, 0.2) is 41.7 Å². The summed E-state index contributed by atoms with van der Waals surface area (Å²) in [7, 11) is 0. The van der Waals surface area contributed by atoms with Crippen LogP contribution in [-0.2, 0) is 9.63 Å². The number of anilines is 1. The molecule has 1 aliphatic heterocycles. The second-order valence-electron chi connectivity index (χ2n) is 5.14. The normalized spacial score (nSPS) is 16.7. The number of halogens is 2. The van der Waals surface area contributed by atoms with Gasteiger partial charge in [0.1, 0.15) is 11.6 Å². The first-order chi connectivity index (χ1) is 11.0. The van der Waals surface area contributed by atoms with E-state index < -0.39 is 17.8 Å². The summed E-state index contributed by atoms with van der Waals surface area (Å²) in [4.78, 5) is 21.4. The van der Waals surface area contributed by atoms with Crippen LogP contribution in [0.3, 0.4) is 0 Å². The number of hydrogen-bond donors (Lipinski definition) is 1. The van der Waals surface area contributed by atoms with Crippen LogP contribution in [0, 0.1) is 12.7 Å². The molecule has 0 saturated carbocycles. The van der Waals surface area contributed by atoms with Crippen molar-refractivity contribution < 1.29 is 14.0 Å². The zero-order valence-corrected chi connectivity index (χ0v) is 13.0. The van der Waals surface area contributed by atoms with Gasteiger partial charge < -0.3 is 10.2 Å². The van der Waals surface area contributed by atoms with Gasteiger partial charge >= 0.3 is 0 Å². The number of benzene rings is 1. The number of oxime groups is 1. The summed E-state index contributed by atoms with van der Waals surface area (Å²) in [5.74, 6) is -0.466. The van der Waals surface area contributed by atoms with E-state index in [2.05, 4.69) is 15.5 Å². The number of carbonyl (C=O) groups excluding carboxylic acids is 1. The Bertz CT molecular complexity index is 774. The fourth-order valence-corrected chi connectivity index (χ4v) is 2.52. The first kappa shape index (κ1) is 15.4. The Kier molecular flexibility index (Phi) is 4.25. The van der Waals surface area contributed by atoms with Gasteiger partial charge in [0.05, 0.1) is 16.3 Å². The molecule has 0 fully saturated rings. The Morgan fingerprint density at radius 2 is 2.26 bits per heavy atom. The largest absolute Gasteiger partial charge is 0.382 e.